The number of likely N-dealkylation sites (tertiary alicyclic amines) is 1. The molecule has 1 atom stereocenters. The number of carbonyl (C=O) groups excluding carboxylic acids is 2. The third-order valence-corrected chi connectivity index (χ3v) is 6.07. The molecule has 2 aliphatic rings. The molecule has 27 heavy (non-hydrogen) atoms. The molecule has 0 radical (unpaired) electrons. The lowest BCUT2D eigenvalue weighted by molar-refractivity contribution is -0.139. The Morgan fingerprint density at radius 3 is 2.41 bits per heavy atom. The van der Waals surface area contributed by atoms with Gasteiger partial charge in [-0.2, -0.15) is 0 Å². The third kappa shape index (κ3) is 4.14. The van der Waals surface area contributed by atoms with Crippen molar-refractivity contribution in [2.45, 2.75) is 71.8 Å². The molecule has 1 saturated carbocycles. The minimum absolute atomic E-state index is 0.0217. The Morgan fingerprint density at radius 2 is 1.78 bits per heavy atom. The number of hydrogen-bond acceptors (Lipinski definition) is 4. The van der Waals surface area contributed by atoms with E-state index in [1.165, 1.54) is 0 Å². The molecule has 0 N–H and O–H groups in total. The standard InChI is InChI=1S/C21H32N4O2/c1-4-24(5-2)21(27)17-14-22-19(23-15(17)3)18-12-8-9-13-25(18)20(26)16-10-6-7-11-16/h14,16,18H,4-13H2,1-3H3/t18-/m0/s1. The lowest BCUT2D eigenvalue weighted by Gasteiger charge is -2.36. The average molecular weight is 373 g/mol. The van der Waals surface area contributed by atoms with Gasteiger partial charge in [0.15, 0.2) is 5.82 Å². The van der Waals surface area contributed by atoms with Crippen LogP contribution in [0.25, 0.3) is 0 Å². The Hall–Kier alpha value is -1.98. The van der Waals surface area contributed by atoms with Crippen LogP contribution in [0.15, 0.2) is 6.20 Å². The van der Waals surface area contributed by atoms with Crippen molar-refractivity contribution in [3.8, 4) is 0 Å². The summed E-state index contributed by atoms with van der Waals surface area (Å²) in [5.74, 6) is 1.12. The minimum Gasteiger partial charge on any atom is -0.339 e. The Kier molecular flexibility index (Phi) is 6.45. The number of nitrogens with zero attached hydrogens (tertiary/aromatic N) is 4. The summed E-state index contributed by atoms with van der Waals surface area (Å²) >= 11 is 0. The molecule has 0 bridgehead atoms. The topological polar surface area (TPSA) is 66.4 Å². The van der Waals surface area contributed by atoms with E-state index in [9.17, 15) is 9.59 Å². The fraction of sp³-hybridized carbons (Fsp3) is 0.714. The highest BCUT2D eigenvalue weighted by molar-refractivity contribution is 5.94. The zero-order valence-corrected chi connectivity index (χ0v) is 16.9. The van der Waals surface area contributed by atoms with Crippen LogP contribution in [0.4, 0.5) is 0 Å². The summed E-state index contributed by atoms with van der Waals surface area (Å²) in [6.07, 6.45) is 9.04. The van der Waals surface area contributed by atoms with Gasteiger partial charge in [-0.25, -0.2) is 9.97 Å². The molecular formula is C21H32N4O2. The van der Waals surface area contributed by atoms with Crippen molar-refractivity contribution >= 4 is 11.8 Å². The number of aryl methyl sites for hydroxylation is 1. The molecule has 2 fully saturated rings. The van der Waals surface area contributed by atoms with Gasteiger partial charge in [-0.1, -0.05) is 12.8 Å². The zero-order chi connectivity index (χ0) is 19.4. The predicted molar refractivity (Wildman–Crippen MR) is 104 cm³/mol. The van der Waals surface area contributed by atoms with E-state index >= 15 is 0 Å². The van der Waals surface area contributed by atoms with Gasteiger partial charge in [-0.15, -0.1) is 0 Å². The first-order chi connectivity index (χ1) is 13.1. The van der Waals surface area contributed by atoms with Crippen LogP contribution in [0, 0.1) is 12.8 Å². The van der Waals surface area contributed by atoms with E-state index in [2.05, 4.69) is 9.97 Å². The molecule has 0 spiro atoms. The third-order valence-electron chi connectivity index (χ3n) is 6.07. The van der Waals surface area contributed by atoms with Crippen molar-refractivity contribution < 1.29 is 9.59 Å². The first-order valence-electron chi connectivity index (χ1n) is 10.5. The fourth-order valence-corrected chi connectivity index (χ4v) is 4.41. The smallest absolute Gasteiger partial charge is 0.257 e. The Morgan fingerprint density at radius 1 is 1.11 bits per heavy atom. The number of amides is 2. The van der Waals surface area contributed by atoms with Gasteiger partial charge in [0, 0.05) is 31.7 Å². The summed E-state index contributed by atoms with van der Waals surface area (Å²) < 4.78 is 0. The van der Waals surface area contributed by atoms with E-state index in [1.54, 1.807) is 11.1 Å². The summed E-state index contributed by atoms with van der Waals surface area (Å²) in [6.45, 7) is 7.95. The van der Waals surface area contributed by atoms with E-state index in [-0.39, 0.29) is 23.8 Å². The van der Waals surface area contributed by atoms with Crippen LogP contribution >= 0.6 is 0 Å². The summed E-state index contributed by atoms with van der Waals surface area (Å²) in [5, 5.41) is 0. The van der Waals surface area contributed by atoms with Crippen LogP contribution in [-0.4, -0.2) is 51.2 Å². The van der Waals surface area contributed by atoms with Crippen molar-refractivity contribution in [3.63, 3.8) is 0 Å². The number of aromatic nitrogens is 2. The molecule has 2 heterocycles. The van der Waals surface area contributed by atoms with Gasteiger partial charge < -0.3 is 9.80 Å². The highest BCUT2D eigenvalue weighted by atomic mass is 16.2. The van der Waals surface area contributed by atoms with Gasteiger partial charge in [-0.05, 0) is 52.9 Å². The maximum absolute atomic E-state index is 13.0. The van der Waals surface area contributed by atoms with Crippen LogP contribution in [-0.2, 0) is 4.79 Å². The summed E-state index contributed by atoms with van der Waals surface area (Å²) in [7, 11) is 0. The molecule has 148 valence electrons. The Balaban J connectivity index is 1.82. The highest BCUT2D eigenvalue weighted by Gasteiger charge is 2.35. The van der Waals surface area contributed by atoms with Crippen molar-refractivity contribution in [3.05, 3.63) is 23.3 Å². The Bertz CT molecular complexity index is 681. The first kappa shape index (κ1) is 19.8. The largest absolute Gasteiger partial charge is 0.339 e. The van der Waals surface area contributed by atoms with Crippen LogP contribution < -0.4 is 0 Å². The molecule has 1 aliphatic carbocycles. The quantitative estimate of drug-likeness (QED) is 0.793. The van der Waals surface area contributed by atoms with Crippen molar-refractivity contribution in [2.24, 2.45) is 5.92 Å². The van der Waals surface area contributed by atoms with Gasteiger partial charge in [0.25, 0.3) is 5.91 Å². The van der Waals surface area contributed by atoms with Crippen LogP contribution in [0.3, 0.4) is 0 Å². The molecule has 1 aromatic rings. The van der Waals surface area contributed by atoms with Gasteiger partial charge in [0.1, 0.15) is 0 Å². The zero-order valence-electron chi connectivity index (χ0n) is 16.9. The van der Waals surface area contributed by atoms with Gasteiger partial charge >= 0.3 is 0 Å². The maximum Gasteiger partial charge on any atom is 0.257 e. The Labute approximate surface area is 162 Å². The number of rotatable bonds is 5. The molecule has 1 aromatic heterocycles. The second-order valence-electron chi connectivity index (χ2n) is 7.73. The van der Waals surface area contributed by atoms with E-state index < -0.39 is 0 Å². The first-order valence-corrected chi connectivity index (χ1v) is 10.5. The van der Waals surface area contributed by atoms with Crippen molar-refractivity contribution in [1.82, 2.24) is 19.8 Å². The van der Waals surface area contributed by atoms with Crippen LogP contribution in [0.1, 0.15) is 86.7 Å². The molecule has 6 nitrogen and oxygen atoms in total. The van der Waals surface area contributed by atoms with E-state index in [1.807, 2.05) is 25.7 Å². The van der Waals surface area contributed by atoms with Gasteiger partial charge in [0.05, 0.1) is 17.3 Å². The minimum atomic E-state index is -0.0526. The molecule has 1 aliphatic heterocycles. The van der Waals surface area contributed by atoms with E-state index in [0.29, 0.717) is 30.2 Å². The van der Waals surface area contributed by atoms with Gasteiger partial charge in [-0.3, -0.25) is 9.59 Å². The fourth-order valence-electron chi connectivity index (χ4n) is 4.41. The second-order valence-corrected chi connectivity index (χ2v) is 7.73. The monoisotopic (exact) mass is 372 g/mol. The van der Waals surface area contributed by atoms with Crippen molar-refractivity contribution in [2.75, 3.05) is 19.6 Å². The average Bonchev–Trinajstić information content (AvgIpc) is 3.23. The number of hydrogen-bond donors (Lipinski definition) is 0. The molecule has 2 amide bonds. The van der Waals surface area contributed by atoms with Crippen molar-refractivity contribution in [1.29, 1.82) is 0 Å². The molecule has 3 rings (SSSR count). The maximum atomic E-state index is 13.0. The molecule has 0 unspecified atom stereocenters. The number of carbonyl (C=O) groups is 2. The number of piperidine rings is 1. The van der Waals surface area contributed by atoms with E-state index in [4.69, 9.17) is 0 Å². The van der Waals surface area contributed by atoms with E-state index in [0.717, 1.165) is 51.5 Å². The SMILES string of the molecule is CCN(CC)C(=O)c1cnc([C@@H]2CCCCN2C(=O)C2CCCC2)nc1C. The molecule has 6 heteroatoms. The summed E-state index contributed by atoms with van der Waals surface area (Å²) in [4.78, 5) is 38.7. The highest BCUT2D eigenvalue weighted by Crippen LogP contribution is 2.34. The van der Waals surface area contributed by atoms with Crippen LogP contribution in [0.5, 0.6) is 0 Å². The normalized spacial score (nSPS) is 20.7. The second kappa shape index (κ2) is 8.81. The van der Waals surface area contributed by atoms with Crippen LogP contribution in [0.2, 0.25) is 0 Å². The lowest BCUT2D eigenvalue weighted by Crippen LogP contribution is -2.42. The molecule has 1 saturated heterocycles. The molecular weight excluding hydrogens is 340 g/mol. The molecule has 0 aromatic carbocycles. The van der Waals surface area contributed by atoms with Gasteiger partial charge in [0.2, 0.25) is 5.91 Å². The lowest BCUT2D eigenvalue weighted by atomic mass is 9.97. The summed E-state index contributed by atoms with van der Waals surface area (Å²) in [5.41, 5.74) is 1.27. The predicted octanol–water partition coefficient (Wildman–Crippen LogP) is 3.51. The summed E-state index contributed by atoms with van der Waals surface area (Å²) in [6, 6.07) is -0.0526.